The van der Waals surface area contributed by atoms with Crippen LogP contribution in [0.1, 0.15) is 32.1 Å². The number of benzene rings is 1. The number of fused-ring (bicyclic) bond motifs is 1. The molecule has 0 bridgehead atoms. The fraction of sp³-hybridized carbons (Fsp3) is 0.667. The maximum absolute atomic E-state index is 12.7. The molecular formula is C21H33N5O3S. The van der Waals surface area contributed by atoms with Crippen LogP contribution >= 0.6 is 0 Å². The van der Waals surface area contributed by atoms with E-state index in [0.29, 0.717) is 51.1 Å². The van der Waals surface area contributed by atoms with Gasteiger partial charge in [-0.05, 0) is 31.4 Å². The van der Waals surface area contributed by atoms with Crippen LogP contribution in [0.15, 0.2) is 30.3 Å². The molecule has 0 radical (unpaired) electrons. The molecule has 2 saturated heterocycles. The van der Waals surface area contributed by atoms with E-state index < -0.39 is 10.0 Å². The van der Waals surface area contributed by atoms with Crippen LogP contribution in [-0.2, 0) is 14.8 Å². The van der Waals surface area contributed by atoms with Crippen molar-refractivity contribution in [1.29, 1.82) is 0 Å². The number of nitrogens with one attached hydrogen (secondary N) is 3. The molecule has 9 heteroatoms. The van der Waals surface area contributed by atoms with Crippen molar-refractivity contribution >= 4 is 21.6 Å². The molecule has 4 rings (SSSR count). The number of hydrazine groups is 1. The fourth-order valence-electron chi connectivity index (χ4n) is 4.87. The Morgan fingerprint density at radius 1 is 1.03 bits per heavy atom. The van der Waals surface area contributed by atoms with Crippen molar-refractivity contribution in [3.8, 4) is 0 Å². The summed E-state index contributed by atoms with van der Waals surface area (Å²) in [5.74, 6) is 0.384. The molecule has 3 N–H and O–H groups in total. The zero-order valence-corrected chi connectivity index (χ0v) is 18.2. The molecule has 3 atom stereocenters. The molecule has 1 aliphatic carbocycles. The van der Waals surface area contributed by atoms with Gasteiger partial charge >= 0.3 is 0 Å². The highest BCUT2D eigenvalue weighted by atomic mass is 32.2. The van der Waals surface area contributed by atoms with E-state index in [0.717, 1.165) is 18.5 Å². The zero-order valence-electron chi connectivity index (χ0n) is 17.4. The van der Waals surface area contributed by atoms with Crippen molar-refractivity contribution < 1.29 is 13.2 Å². The van der Waals surface area contributed by atoms with Gasteiger partial charge in [0.25, 0.3) is 0 Å². The van der Waals surface area contributed by atoms with Gasteiger partial charge in [-0.2, -0.15) is 4.31 Å². The number of rotatable bonds is 7. The Hall–Kier alpha value is -1.68. The highest BCUT2D eigenvalue weighted by molar-refractivity contribution is 7.89. The lowest BCUT2D eigenvalue weighted by molar-refractivity contribution is -0.123. The number of piperazine rings is 1. The molecule has 0 aromatic heterocycles. The van der Waals surface area contributed by atoms with Gasteiger partial charge in [-0.25, -0.2) is 13.8 Å². The minimum absolute atomic E-state index is 0.0224. The van der Waals surface area contributed by atoms with E-state index in [-0.39, 0.29) is 17.7 Å². The first kappa shape index (κ1) is 21.5. The van der Waals surface area contributed by atoms with Crippen molar-refractivity contribution in [2.45, 2.75) is 44.2 Å². The van der Waals surface area contributed by atoms with Gasteiger partial charge in [-0.1, -0.05) is 31.0 Å². The van der Waals surface area contributed by atoms with Crippen LogP contribution in [0.5, 0.6) is 0 Å². The van der Waals surface area contributed by atoms with E-state index >= 15 is 0 Å². The molecular weight excluding hydrogens is 402 g/mol. The van der Waals surface area contributed by atoms with Gasteiger partial charge in [-0.15, -0.1) is 0 Å². The molecule has 2 aliphatic heterocycles. The van der Waals surface area contributed by atoms with Gasteiger partial charge in [0.1, 0.15) is 6.04 Å². The normalized spacial score (nSPS) is 27.6. The summed E-state index contributed by atoms with van der Waals surface area (Å²) in [7, 11) is -3.30. The van der Waals surface area contributed by atoms with E-state index in [2.05, 4.69) is 33.2 Å². The second-order valence-corrected chi connectivity index (χ2v) is 10.6. The van der Waals surface area contributed by atoms with E-state index in [4.69, 9.17) is 0 Å². The fourth-order valence-corrected chi connectivity index (χ4v) is 6.36. The average Bonchev–Trinajstić information content (AvgIpc) is 3.22. The second-order valence-electron chi connectivity index (χ2n) is 8.50. The summed E-state index contributed by atoms with van der Waals surface area (Å²) in [5, 5.41) is 2.93. The summed E-state index contributed by atoms with van der Waals surface area (Å²) in [6.45, 7) is 2.79. The largest absolute Gasteiger partial charge is 0.369 e. The molecule has 166 valence electrons. The third kappa shape index (κ3) is 4.96. The van der Waals surface area contributed by atoms with Crippen LogP contribution in [0.3, 0.4) is 0 Å². The Labute approximate surface area is 179 Å². The van der Waals surface area contributed by atoms with Gasteiger partial charge in [-0.3, -0.25) is 10.2 Å². The van der Waals surface area contributed by atoms with Crippen LogP contribution in [0.25, 0.3) is 0 Å². The van der Waals surface area contributed by atoms with Crippen LogP contribution in [0.2, 0.25) is 0 Å². The predicted octanol–water partition coefficient (Wildman–Crippen LogP) is 0.680. The van der Waals surface area contributed by atoms with Crippen molar-refractivity contribution in [2.24, 2.45) is 5.92 Å². The Balaban J connectivity index is 1.18. The van der Waals surface area contributed by atoms with E-state index in [9.17, 15) is 13.2 Å². The molecule has 2 heterocycles. The van der Waals surface area contributed by atoms with Crippen LogP contribution in [0.4, 0.5) is 5.69 Å². The molecule has 1 aromatic rings. The van der Waals surface area contributed by atoms with Crippen molar-refractivity contribution in [2.75, 3.05) is 43.4 Å². The number of nitrogens with zero attached hydrogens (tertiary/aromatic N) is 2. The topological polar surface area (TPSA) is 93.8 Å². The summed E-state index contributed by atoms with van der Waals surface area (Å²) in [6.07, 6.45) is 4.98. The van der Waals surface area contributed by atoms with Crippen molar-refractivity contribution in [3.05, 3.63) is 30.3 Å². The van der Waals surface area contributed by atoms with Gasteiger partial charge in [0, 0.05) is 50.4 Å². The van der Waals surface area contributed by atoms with E-state index in [1.807, 2.05) is 18.2 Å². The van der Waals surface area contributed by atoms with Crippen molar-refractivity contribution in [1.82, 2.24) is 20.5 Å². The smallest absolute Gasteiger partial charge is 0.238 e. The summed E-state index contributed by atoms with van der Waals surface area (Å²) < 4.78 is 27.0. The SMILES string of the molecule is O=C(NCCCS(=O)(=O)N1CCN(c2ccccc2)CC1)C1NNC2CCCCC21. The van der Waals surface area contributed by atoms with Crippen molar-refractivity contribution in [3.63, 3.8) is 0 Å². The minimum Gasteiger partial charge on any atom is -0.369 e. The van der Waals surface area contributed by atoms with Gasteiger partial charge in [0.15, 0.2) is 0 Å². The molecule has 1 aromatic carbocycles. The Morgan fingerprint density at radius 2 is 1.77 bits per heavy atom. The van der Waals surface area contributed by atoms with Gasteiger partial charge < -0.3 is 10.2 Å². The lowest BCUT2D eigenvalue weighted by Crippen LogP contribution is -2.49. The van der Waals surface area contributed by atoms with Crippen LogP contribution < -0.4 is 21.1 Å². The lowest BCUT2D eigenvalue weighted by atomic mass is 9.81. The summed E-state index contributed by atoms with van der Waals surface area (Å²) in [5.41, 5.74) is 7.51. The van der Waals surface area contributed by atoms with Crippen LogP contribution in [-0.4, -0.2) is 69.2 Å². The quantitative estimate of drug-likeness (QED) is 0.546. The number of hydrogen-bond donors (Lipinski definition) is 3. The first-order valence-electron chi connectivity index (χ1n) is 11.1. The molecule has 1 amide bonds. The third-order valence-electron chi connectivity index (χ3n) is 6.59. The highest BCUT2D eigenvalue weighted by Gasteiger charge is 2.40. The van der Waals surface area contributed by atoms with E-state index in [1.165, 1.54) is 12.8 Å². The maximum Gasteiger partial charge on any atom is 0.238 e. The number of hydrogen-bond acceptors (Lipinski definition) is 6. The Kier molecular flexibility index (Phi) is 6.92. The number of amides is 1. The summed E-state index contributed by atoms with van der Waals surface area (Å²) in [4.78, 5) is 14.7. The molecule has 30 heavy (non-hydrogen) atoms. The second kappa shape index (κ2) is 9.64. The zero-order chi connectivity index (χ0) is 21.0. The first-order chi connectivity index (χ1) is 14.5. The number of anilines is 1. The lowest BCUT2D eigenvalue weighted by Gasteiger charge is -2.35. The summed E-state index contributed by atoms with van der Waals surface area (Å²) >= 11 is 0. The average molecular weight is 436 g/mol. The minimum atomic E-state index is -3.30. The predicted molar refractivity (Wildman–Crippen MR) is 117 cm³/mol. The molecule has 0 spiro atoms. The monoisotopic (exact) mass is 435 g/mol. The number of para-hydroxylation sites is 1. The molecule has 8 nitrogen and oxygen atoms in total. The highest BCUT2D eigenvalue weighted by Crippen LogP contribution is 2.30. The maximum atomic E-state index is 12.7. The summed E-state index contributed by atoms with van der Waals surface area (Å²) in [6, 6.07) is 10.3. The van der Waals surface area contributed by atoms with E-state index in [1.54, 1.807) is 4.31 Å². The number of carbonyl (C=O) groups excluding carboxylic acids is 1. The van der Waals surface area contributed by atoms with Gasteiger partial charge in [0.05, 0.1) is 5.75 Å². The standard InChI is InChI=1S/C21H33N5O3S/c27-21(20-18-9-4-5-10-19(18)23-24-20)22-11-6-16-30(28,29)26-14-12-25(13-15-26)17-7-2-1-3-8-17/h1-3,7-8,18-20,23-24H,4-6,9-16H2,(H,22,27). The number of carbonyl (C=O) groups is 1. The Bertz CT molecular complexity index is 811. The molecule has 3 unspecified atom stereocenters. The number of sulfonamides is 1. The van der Waals surface area contributed by atoms with Gasteiger partial charge in [0.2, 0.25) is 15.9 Å². The molecule has 3 fully saturated rings. The Morgan fingerprint density at radius 3 is 2.53 bits per heavy atom. The third-order valence-corrected chi connectivity index (χ3v) is 8.54. The van der Waals surface area contributed by atoms with Crippen LogP contribution in [0, 0.1) is 5.92 Å². The molecule has 1 saturated carbocycles. The first-order valence-corrected chi connectivity index (χ1v) is 12.7. The molecule has 3 aliphatic rings.